The molecule has 2 amide bonds. The maximum Gasteiger partial charge on any atom is 0.265 e. The number of nitrogens with one attached hydrogen (secondary N) is 1. The lowest BCUT2D eigenvalue weighted by molar-refractivity contribution is -0.128. The molecule has 1 saturated heterocycles. The fraction of sp³-hybridized carbons (Fsp3) is 0.235. The van der Waals surface area contributed by atoms with Gasteiger partial charge >= 0.3 is 0 Å². The van der Waals surface area contributed by atoms with Crippen LogP contribution < -0.4 is 10.1 Å². The lowest BCUT2D eigenvalue weighted by atomic mass is 10.0. The van der Waals surface area contributed by atoms with E-state index >= 15 is 0 Å². The number of hydrogen-bond donors (Lipinski definition) is 2. The molecule has 1 aromatic rings. The molecule has 1 fully saturated rings. The van der Waals surface area contributed by atoms with E-state index in [0.29, 0.717) is 24.2 Å². The van der Waals surface area contributed by atoms with Gasteiger partial charge < -0.3 is 9.84 Å². The highest BCUT2D eigenvalue weighted by molar-refractivity contribution is 7.80. The maximum absolute atomic E-state index is 12.3. The summed E-state index contributed by atoms with van der Waals surface area (Å²) in [5, 5.41) is 12.7. The predicted molar refractivity (Wildman–Crippen MR) is 94.7 cm³/mol. The van der Waals surface area contributed by atoms with E-state index in [4.69, 9.17) is 17.0 Å². The Bertz CT molecular complexity index is 755. The van der Waals surface area contributed by atoms with Gasteiger partial charge in [0.05, 0.1) is 6.61 Å². The van der Waals surface area contributed by atoms with Crippen molar-refractivity contribution in [1.82, 2.24) is 10.2 Å². The van der Waals surface area contributed by atoms with Crippen molar-refractivity contribution in [3.63, 3.8) is 0 Å². The molecule has 0 radical (unpaired) electrons. The summed E-state index contributed by atoms with van der Waals surface area (Å²) in [5.74, 6) is -0.729. The van der Waals surface area contributed by atoms with Gasteiger partial charge in [0.2, 0.25) is 0 Å². The summed E-state index contributed by atoms with van der Waals surface area (Å²) in [6.45, 7) is 5.82. The summed E-state index contributed by atoms with van der Waals surface area (Å²) in [7, 11) is 1.49. The molecule has 2 rings (SSSR count). The smallest absolute Gasteiger partial charge is 0.265 e. The van der Waals surface area contributed by atoms with Gasteiger partial charge in [0.25, 0.3) is 11.8 Å². The first-order valence-corrected chi connectivity index (χ1v) is 7.74. The van der Waals surface area contributed by atoms with Crippen molar-refractivity contribution in [3.05, 3.63) is 41.5 Å². The zero-order valence-corrected chi connectivity index (χ0v) is 14.3. The molecule has 0 bridgehead atoms. The van der Waals surface area contributed by atoms with Crippen LogP contribution in [0.15, 0.2) is 30.4 Å². The highest BCUT2D eigenvalue weighted by Gasteiger charge is 2.30. The van der Waals surface area contributed by atoms with Crippen molar-refractivity contribution in [1.29, 1.82) is 0 Å². The monoisotopic (exact) mass is 346 g/mol. The summed E-state index contributed by atoms with van der Waals surface area (Å²) in [6.07, 6.45) is 3.52. The van der Waals surface area contributed by atoms with Crippen LogP contribution >= 0.6 is 12.2 Å². The van der Waals surface area contributed by atoms with Gasteiger partial charge in [-0.25, -0.2) is 0 Å². The van der Waals surface area contributed by atoms with Gasteiger partial charge in [-0.05, 0) is 49.3 Å². The van der Waals surface area contributed by atoms with Crippen LogP contribution in [0.3, 0.4) is 0 Å². The van der Waals surface area contributed by atoms with E-state index in [1.165, 1.54) is 18.0 Å². The summed E-state index contributed by atoms with van der Waals surface area (Å²) < 4.78 is 5.42. The second-order valence-corrected chi connectivity index (χ2v) is 5.52. The Balaban J connectivity index is 2.51. The Kier molecular flexibility index (Phi) is 5.35. The third kappa shape index (κ3) is 3.46. The molecule has 0 saturated carbocycles. The fourth-order valence-electron chi connectivity index (χ4n) is 2.26. The predicted octanol–water partition coefficient (Wildman–Crippen LogP) is 1.78. The first-order chi connectivity index (χ1) is 11.4. The van der Waals surface area contributed by atoms with Crippen molar-refractivity contribution < 1.29 is 19.4 Å². The molecule has 7 heteroatoms. The van der Waals surface area contributed by atoms with Crippen LogP contribution in [-0.4, -0.2) is 40.6 Å². The summed E-state index contributed by atoms with van der Waals surface area (Å²) in [5.41, 5.74) is 1.12. The van der Waals surface area contributed by atoms with Gasteiger partial charge in [-0.1, -0.05) is 6.08 Å². The average Bonchev–Trinajstić information content (AvgIpc) is 2.54. The second-order valence-electron chi connectivity index (χ2n) is 5.13. The van der Waals surface area contributed by atoms with Gasteiger partial charge in [-0.15, -0.1) is 6.58 Å². The normalized spacial score (nSPS) is 16.3. The number of phenols is 1. The quantitative estimate of drug-likeness (QED) is 0.368. The van der Waals surface area contributed by atoms with E-state index in [1.807, 2.05) is 0 Å². The van der Waals surface area contributed by atoms with Gasteiger partial charge in [0, 0.05) is 12.6 Å². The average molecular weight is 346 g/mol. The van der Waals surface area contributed by atoms with Crippen LogP contribution in [0.5, 0.6) is 11.5 Å². The molecule has 1 aliphatic heterocycles. The van der Waals surface area contributed by atoms with Crippen LogP contribution in [-0.2, 0) is 16.0 Å². The zero-order valence-electron chi connectivity index (χ0n) is 13.5. The van der Waals surface area contributed by atoms with Crippen molar-refractivity contribution in [2.45, 2.75) is 13.3 Å². The second kappa shape index (κ2) is 7.27. The number of rotatable bonds is 5. The van der Waals surface area contributed by atoms with E-state index in [0.717, 1.165) is 0 Å². The number of allylic oxidation sites excluding steroid dienone is 1. The molecule has 126 valence electrons. The number of carbonyl (C=O) groups excluding carboxylic acids is 2. The van der Waals surface area contributed by atoms with Gasteiger partial charge in [0.15, 0.2) is 16.6 Å². The molecule has 0 aromatic heterocycles. The molecule has 0 atom stereocenters. The maximum atomic E-state index is 12.3. The fourth-order valence-corrected chi connectivity index (χ4v) is 2.44. The Morgan fingerprint density at radius 2 is 2.12 bits per heavy atom. The molecule has 1 heterocycles. The number of amides is 2. The lowest BCUT2D eigenvalue weighted by Crippen LogP contribution is -2.52. The number of likely N-dealkylation sites (N-methyl/N-ethyl adjacent to an activating group) is 1. The molecule has 2 N–H and O–H groups in total. The van der Waals surface area contributed by atoms with E-state index in [2.05, 4.69) is 11.9 Å². The SMILES string of the molecule is C=CCc1cc(C=C2C(=O)NC(=S)N(C)C2=O)cc(OCC)c1O. The molecule has 0 spiro atoms. The summed E-state index contributed by atoms with van der Waals surface area (Å²) >= 11 is 4.91. The number of phenolic OH excluding ortho intramolecular Hbond substituents is 1. The Hall–Kier alpha value is -2.67. The highest BCUT2D eigenvalue weighted by atomic mass is 32.1. The van der Waals surface area contributed by atoms with Crippen LogP contribution in [0.2, 0.25) is 0 Å². The van der Waals surface area contributed by atoms with Gasteiger partial charge in [-0.3, -0.25) is 19.8 Å². The number of ether oxygens (including phenoxy) is 1. The number of thiocarbonyl (C=S) groups is 1. The van der Waals surface area contributed by atoms with E-state index in [1.54, 1.807) is 25.1 Å². The van der Waals surface area contributed by atoms with Crippen molar-refractivity contribution in [2.24, 2.45) is 0 Å². The van der Waals surface area contributed by atoms with Crippen LogP contribution in [0.25, 0.3) is 6.08 Å². The molecular formula is C17H18N2O4S. The van der Waals surface area contributed by atoms with Crippen LogP contribution in [0.1, 0.15) is 18.1 Å². The lowest BCUT2D eigenvalue weighted by Gasteiger charge is -2.25. The number of nitrogens with zero attached hydrogens (tertiary/aromatic N) is 1. The van der Waals surface area contributed by atoms with Crippen molar-refractivity contribution >= 4 is 35.2 Å². The number of benzene rings is 1. The highest BCUT2D eigenvalue weighted by Crippen LogP contribution is 2.33. The minimum absolute atomic E-state index is 0.0246. The molecule has 0 aliphatic carbocycles. The molecule has 1 aromatic carbocycles. The summed E-state index contributed by atoms with van der Waals surface area (Å²) in [6, 6.07) is 3.26. The molecule has 6 nitrogen and oxygen atoms in total. The van der Waals surface area contributed by atoms with E-state index in [9.17, 15) is 14.7 Å². The zero-order chi connectivity index (χ0) is 17.9. The van der Waals surface area contributed by atoms with Gasteiger partial charge in [0.1, 0.15) is 5.57 Å². The Morgan fingerprint density at radius 1 is 1.42 bits per heavy atom. The van der Waals surface area contributed by atoms with E-state index < -0.39 is 11.8 Å². The largest absolute Gasteiger partial charge is 0.504 e. The summed E-state index contributed by atoms with van der Waals surface area (Å²) in [4.78, 5) is 25.5. The minimum Gasteiger partial charge on any atom is -0.504 e. The number of carbonyl (C=O) groups is 2. The number of hydrogen-bond acceptors (Lipinski definition) is 5. The Morgan fingerprint density at radius 3 is 2.75 bits per heavy atom. The minimum atomic E-state index is -0.556. The topological polar surface area (TPSA) is 78.9 Å². The number of aromatic hydroxyl groups is 1. The Labute approximate surface area is 145 Å². The molecule has 1 aliphatic rings. The first kappa shape index (κ1) is 17.7. The van der Waals surface area contributed by atoms with Crippen LogP contribution in [0.4, 0.5) is 0 Å². The molecular weight excluding hydrogens is 328 g/mol. The van der Waals surface area contributed by atoms with Crippen molar-refractivity contribution in [2.75, 3.05) is 13.7 Å². The standard InChI is InChI=1S/C17H18N2O4S/c1-4-6-11-7-10(9-13(14(11)20)23-5-2)8-12-15(21)18-17(24)19(3)16(12)22/h4,7-9,20H,1,5-6H2,2-3H3,(H,18,21,24). The molecule has 0 unspecified atom stereocenters. The van der Waals surface area contributed by atoms with Crippen molar-refractivity contribution in [3.8, 4) is 11.5 Å². The first-order valence-electron chi connectivity index (χ1n) is 7.33. The third-order valence-electron chi connectivity index (χ3n) is 3.46. The third-order valence-corrected chi connectivity index (χ3v) is 3.83. The van der Waals surface area contributed by atoms with Gasteiger partial charge in [-0.2, -0.15) is 0 Å². The van der Waals surface area contributed by atoms with Crippen LogP contribution in [0, 0.1) is 0 Å². The van der Waals surface area contributed by atoms with E-state index in [-0.39, 0.29) is 22.2 Å². The molecule has 24 heavy (non-hydrogen) atoms.